The highest BCUT2D eigenvalue weighted by Crippen LogP contribution is 2.33. The Morgan fingerprint density at radius 2 is 2.03 bits per heavy atom. The molecule has 0 aromatic carbocycles. The molecule has 1 aliphatic heterocycles. The number of aromatic nitrogens is 7. The molecular formula is C21H28N8O6. The number of imidazole rings is 1. The number of anilines is 1. The Labute approximate surface area is 199 Å². The lowest BCUT2D eigenvalue weighted by Crippen LogP contribution is -2.33. The van der Waals surface area contributed by atoms with Gasteiger partial charge in [-0.05, 0) is 19.8 Å². The smallest absolute Gasteiger partial charge is 0.360 e. The van der Waals surface area contributed by atoms with Gasteiger partial charge < -0.3 is 30.1 Å². The molecule has 0 amide bonds. The molecule has 2 fully saturated rings. The van der Waals surface area contributed by atoms with Gasteiger partial charge in [-0.3, -0.25) is 4.57 Å². The lowest BCUT2D eigenvalue weighted by Gasteiger charge is -2.23. The molecule has 14 nitrogen and oxygen atoms in total. The summed E-state index contributed by atoms with van der Waals surface area (Å²) in [6.07, 6.45) is 3.67. The summed E-state index contributed by atoms with van der Waals surface area (Å²) in [5, 5.41) is 41.5. The molecule has 4 heterocycles. The molecule has 35 heavy (non-hydrogen) atoms. The van der Waals surface area contributed by atoms with Gasteiger partial charge in [-0.15, -0.1) is 5.10 Å². The average Bonchev–Trinajstić information content (AvgIpc) is 3.58. The normalized spacial score (nSPS) is 25.3. The molecule has 1 aliphatic carbocycles. The van der Waals surface area contributed by atoms with Crippen molar-refractivity contribution in [3.8, 4) is 5.95 Å². The predicted octanol–water partition coefficient (Wildman–Crippen LogP) is -0.0602. The Hall–Kier alpha value is -3.20. The number of carbonyl (C=O) groups excluding carboxylic acids is 1. The second kappa shape index (κ2) is 9.81. The van der Waals surface area contributed by atoms with Gasteiger partial charge in [-0.25, -0.2) is 9.78 Å². The molecule has 1 saturated heterocycles. The van der Waals surface area contributed by atoms with Crippen molar-refractivity contribution in [1.29, 1.82) is 0 Å². The highest BCUT2D eigenvalue weighted by molar-refractivity contribution is 5.87. The number of nitrogens with one attached hydrogen (secondary N) is 1. The van der Waals surface area contributed by atoms with Crippen LogP contribution in [0.3, 0.4) is 0 Å². The highest BCUT2D eigenvalue weighted by Gasteiger charge is 2.44. The number of fused-ring (bicyclic) bond motifs is 1. The van der Waals surface area contributed by atoms with Crippen molar-refractivity contribution < 1.29 is 29.6 Å². The Balaban J connectivity index is 1.57. The quantitative estimate of drug-likeness (QED) is 0.326. The summed E-state index contributed by atoms with van der Waals surface area (Å²) >= 11 is 0. The number of hydrogen-bond acceptors (Lipinski definition) is 12. The summed E-state index contributed by atoms with van der Waals surface area (Å²) in [7, 11) is 0. The van der Waals surface area contributed by atoms with Crippen molar-refractivity contribution in [3.05, 3.63) is 18.2 Å². The first-order valence-corrected chi connectivity index (χ1v) is 11.7. The van der Waals surface area contributed by atoms with Gasteiger partial charge in [0.25, 0.3) is 5.95 Å². The SMILES string of the molecule is CCOC(=O)c1cn(-c2nc(NC3CCCCC3)c3ncn(C4O[C@H](CO)[C@@H](O)[C@@H]4O)c3n2)nn1. The van der Waals surface area contributed by atoms with E-state index in [0.717, 1.165) is 25.7 Å². The van der Waals surface area contributed by atoms with E-state index < -0.39 is 37.1 Å². The molecule has 5 rings (SSSR count). The van der Waals surface area contributed by atoms with Crippen LogP contribution >= 0.6 is 0 Å². The largest absolute Gasteiger partial charge is 0.461 e. The van der Waals surface area contributed by atoms with Gasteiger partial charge in [0.15, 0.2) is 28.9 Å². The summed E-state index contributed by atoms with van der Waals surface area (Å²) in [5.74, 6) is -0.0279. The number of carbonyl (C=O) groups is 1. The van der Waals surface area contributed by atoms with E-state index in [4.69, 9.17) is 9.47 Å². The predicted molar refractivity (Wildman–Crippen MR) is 120 cm³/mol. The molecule has 4 N–H and O–H groups in total. The minimum atomic E-state index is -1.31. The fourth-order valence-corrected chi connectivity index (χ4v) is 4.50. The lowest BCUT2D eigenvalue weighted by atomic mass is 9.95. The molecule has 3 aromatic heterocycles. The van der Waals surface area contributed by atoms with Crippen LogP contribution in [0.2, 0.25) is 0 Å². The molecule has 0 spiro atoms. The first kappa shape index (κ1) is 23.5. The standard InChI is InChI=1S/C21H28N8O6/c1-2-34-20(33)12-8-29(27-26-12)21-24-17(23-11-6-4-3-5-7-11)14-18(25-21)28(10-22-14)19-16(32)15(31)13(9-30)35-19/h8,10-11,13,15-16,19,30-32H,2-7,9H2,1H3,(H,23,24,25)/t13-,15-,16+,19?/m1/s1. The third-order valence-corrected chi connectivity index (χ3v) is 6.33. The summed E-state index contributed by atoms with van der Waals surface area (Å²) in [6, 6.07) is 0.208. The number of aliphatic hydroxyl groups is 3. The van der Waals surface area contributed by atoms with Crippen molar-refractivity contribution in [2.75, 3.05) is 18.5 Å². The molecule has 14 heteroatoms. The highest BCUT2D eigenvalue weighted by atomic mass is 16.6. The first-order chi connectivity index (χ1) is 17.0. The van der Waals surface area contributed by atoms with E-state index in [1.54, 1.807) is 6.92 Å². The topological polar surface area (TPSA) is 183 Å². The van der Waals surface area contributed by atoms with E-state index in [1.807, 2.05) is 0 Å². The summed E-state index contributed by atoms with van der Waals surface area (Å²) < 4.78 is 13.4. The van der Waals surface area contributed by atoms with Crippen LogP contribution in [0, 0.1) is 0 Å². The number of rotatable bonds is 7. The average molecular weight is 489 g/mol. The van der Waals surface area contributed by atoms with Crippen LogP contribution in [0.1, 0.15) is 55.7 Å². The molecule has 1 saturated carbocycles. The van der Waals surface area contributed by atoms with E-state index >= 15 is 0 Å². The van der Waals surface area contributed by atoms with Gasteiger partial charge in [-0.1, -0.05) is 24.5 Å². The Morgan fingerprint density at radius 3 is 2.74 bits per heavy atom. The monoisotopic (exact) mass is 488 g/mol. The van der Waals surface area contributed by atoms with Gasteiger partial charge in [0, 0.05) is 6.04 Å². The van der Waals surface area contributed by atoms with Crippen LogP contribution < -0.4 is 5.32 Å². The van der Waals surface area contributed by atoms with Gasteiger partial charge in [-0.2, -0.15) is 14.6 Å². The fourth-order valence-electron chi connectivity index (χ4n) is 4.50. The second-order valence-corrected chi connectivity index (χ2v) is 8.67. The lowest BCUT2D eigenvalue weighted by molar-refractivity contribution is -0.0511. The number of esters is 1. The van der Waals surface area contributed by atoms with Crippen LogP contribution in [-0.4, -0.2) is 93.4 Å². The molecule has 0 radical (unpaired) electrons. The minimum Gasteiger partial charge on any atom is -0.461 e. The third kappa shape index (κ3) is 4.45. The first-order valence-electron chi connectivity index (χ1n) is 11.7. The van der Waals surface area contributed by atoms with Crippen LogP contribution in [-0.2, 0) is 9.47 Å². The maximum absolute atomic E-state index is 12.1. The van der Waals surface area contributed by atoms with E-state index in [2.05, 4.69) is 30.6 Å². The van der Waals surface area contributed by atoms with Crippen molar-refractivity contribution in [2.24, 2.45) is 0 Å². The zero-order chi connectivity index (χ0) is 24.5. The van der Waals surface area contributed by atoms with E-state index in [0.29, 0.717) is 17.0 Å². The molecule has 4 atom stereocenters. The Kier molecular flexibility index (Phi) is 6.60. The van der Waals surface area contributed by atoms with Gasteiger partial charge in [0.2, 0.25) is 0 Å². The summed E-state index contributed by atoms with van der Waals surface area (Å²) in [4.78, 5) is 25.7. The third-order valence-electron chi connectivity index (χ3n) is 6.33. The Bertz CT molecular complexity index is 1190. The van der Waals surface area contributed by atoms with Crippen molar-refractivity contribution >= 4 is 23.0 Å². The summed E-state index contributed by atoms with van der Waals surface area (Å²) in [6.45, 7) is 1.44. The van der Waals surface area contributed by atoms with Crippen LogP contribution in [0.15, 0.2) is 12.5 Å². The van der Waals surface area contributed by atoms with Gasteiger partial charge in [0.1, 0.15) is 18.3 Å². The van der Waals surface area contributed by atoms with E-state index in [-0.39, 0.29) is 24.3 Å². The molecule has 3 aromatic rings. The van der Waals surface area contributed by atoms with Crippen molar-refractivity contribution in [3.63, 3.8) is 0 Å². The number of ether oxygens (including phenoxy) is 2. The zero-order valence-corrected chi connectivity index (χ0v) is 19.2. The number of nitrogens with zero attached hydrogens (tertiary/aromatic N) is 7. The zero-order valence-electron chi connectivity index (χ0n) is 19.2. The minimum absolute atomic E-state index is 0.00861. The van der Waals surface area contributed by atoms with Crippen LogP contribution in [0.5, 0.6) is 0 Å². The molecule has 1 unspecified atom stereocenters. The number of aliphatic hydroxyl groups excluding tert-OH is 3. The van der Waals surface area contributed by atoms with Gasteiger partial charge in [0.05, 0.1) is 25.7 Å². The second-order valence-electron chi connectivity index (χ2n) is 8.67. The van der Waals surface area contributed by atoms with Crippen molar-refractivity contribution in [1.82, 2.24) is 34.5 Å². The van der Waals surface area contributed by atoms with Crippen LogP contribution in [0.4, 0.5) is 5.82 Å². The molecule has 188 valence electrons. The summed E-state index contributed by atoms with van der Waals surface area (Å²) in [5.41, 5.74) is 0.772. The number of hydrogen-bond donors (Lipinski definition) is 4. The van der Waals surface area contributed by atoms with E-state index in [1.165, 1.54) is 28.2 Å². The molecule has 2 aliphatic rings. The molecular weight excluding hydrogens is 460 g/mol. The van der Waals surface area contributed by atoms with E-state index in [9.17, 15) is 20.1 Å². The van der Waals surface area contributed by atoms with Gasteiger partial charge >= 0.3 is 5.97 Å². The molecule has 0 bridgehead atoms. The van der Waals surface area contributed by atoms with Crippen LogP contribution in [0.25, 0.3) is 17.1 Å². The maximum atomic E-state index is 12.1. The maximum Gasteiger partial charge on any atom is 0.360 e. The fraction of sp³-hybridized carbons (Fsp3) is 0.619. The van der Waals surface area contributed by atoms with Crippen molar-refractivity contribution in [2.45, 2.75) is 69.6 Å². The Morgan fingerprint density at radius 1 is 1.23 bits per heavy atom.